The van der Waals surface area contributed by atoms with Crippen LogP contribution in [-0.2, 0) is 19.1 Å². The number of nitrogens with zero attached hydrogens (tertiary/aromatic N) is 1. The predicted octanol–water partition coefficient (Wildman–Crippen LogP) is 3.01. The van der Waals surface area contributed by atoms with E-state index in [1.807, 2.05) is 0 Å². The van der Waals surface area contributed by atoms with Gasteiger partial charge in [-0.1, -0.05) is 35.9 Å². The van der Waals surface area contributed by atoms with Gasteiger partial charge in [-0.15, -0.1) is 0 Å². The average Bonchev–Trinajstić information content (AvgIpc) is 2.76. The van der Waals surface area contributed by atoms with Crippen molar-refractivity contribution in [2.75, 3.05) is 39.7 Å². The number of hydrogen-bond donors (Lipinski definition) is 1. The van der Waals surface area contributed by atoms with Crippen LogP contribution >= 0.6 is 11.6 Å². The van der Waals surface area contributed by atoms with Gasteiger partial charge in [0.1, 0.15) is 0 Å². The van der Waals surface area contributed by atoms with Crippen LogP contribution in [0.1, 0.15) is 5.56 Å². The highest BCUT2D eigenvalue weighted by Gasteiger charge is 2.15. The molecule has 2 rings (SSSR count). The monoisotopic (exact) mass is 446 g/mol. The number of benzene rings is 2. The number of methoxy groups -OCH3 is 2. The molecule has 2 amide bonds. The Labute approximate surface area is 185 Å². The normalized spacial score (nSPS) is 10.5. The molecule has 0 radical (unpaired) electrons. The van der Waals surface area contributed by atoms with Gasteiger partial charge in [-0.25, -0.2) is 4.79 Å². The van der Waals surface area contributed by atoms with Crippen molar-refractivity contribution in [3.63, 3.8) is 0 Å². The molecule has 0 aliphatic rings. The Morgan fingerprint density at radius 2 is 1.81 bits per heavy atom. The Morgan fingerprint density at radius 1 is 1.06 bits per heavy atom. The number of para-hydroxylation sites is 2. The first-order valence-electron chi connectivity index (χ1n) is 9.20. The Balaban J connectivity index is 1.85. The van der Waals surface area contributed by atoms with Crippen LogP contribution in [0.2, 0.25) is 5.02 Å². The summed E-state index contributed by atoms with van der Waals surface area (Å²) < 4.78 is 15.4. The molecule has 2 aromatic carbocycles. The number of anilines is 1. The minimum atomic E-state index is -0.716. The van der Waals surface area contributed by atoms with Gasteiger partial charge in [0.15, 0.2) is 18.1 Å². The second-order valence-electron chi connectivity index (χ2n) is 6.30. The SMILES string of the molecule is COc1cccc(/C=C/C(=O)OCC(=O)N(C)CC(=O)Nc2ccccc2Cl)c1OC. The van der Waals surface area contributed by atoms with Crippen molar-refractivity contribution in [1.29, 1.82) is 0 Å². The van der Waals surface area contributed by atoms with Crippen molar-refractivity contribution in [3.05, 3.63) is 59.1 Å². The lowest BCUT2D eigenvalue weighted by Crippen LogP contribution is -2.37. The van der Waals surface area contributed by atoms with Crippen molar-refractivity contribution in [3.8, 4) is 11.5 Å². The lowest BCUT2D eigenvalue weighted by atomic mass is 10.1. The zero-order chi connectivity index (χ0) is 22.8. The molecule has 0 aliphatic heterocycles. The van der Waals surface area contributed by atoms with Gasteiger partial charge in [0.25, 0.3) is 5.91 Å². The van der Waals surface area contributed by atoms with Crippen LogP contribution in [0.5, 0.6) is 11.5 Å². The highest BCUT2D eigenvalue weighted by Crippen LogP contribution is 2.31. The highest BCUT2D eigenvalue weighted by molar-refractivity contribution is 6.33. The van der Waals surface area contributed by atoms with Crippen molar-refractivity contribution < 1.29 is 28.6 Å². The van der Waals surface area contributed by atoms with Gasteiger partial charge >= 0.3 is 5.97 Å². The van der Waals surface area contributed by atoms with Crippen LogP contribution in [0, 0.1) is 0 Å². The second-order valence-corrected chi connectivity index (χ2v) is 6.71. The Hall–Kier alpha value is -3.52. The molecule has 164 valence electrons. The molecule has 0 unspecified atom stereocenters. The molecule has 0 aromatic heterocycles. The fraction of sp³-hybridized carbons (Fsp3) is 0.227. The topological polar surface area (TPSA) is 94.2 Å². The third-order valence-electron chi connectivity index (χ3n) is 4.12. The third kappa shape index (κ3) is 7.04. The number of esters is 1. The van der Waals surface area contributed by atoms with Crippen molar-refractivity contribution in [1.82, 2.24) is 4.90 Å². The molecule has 0 heterocycles. The van der Waals surface area contributed by atoms with Crippen LogP contribution in [-0.4, -0.2) is 57.1 Å². The van der Waals surface area contributed by atoms with E-state index < -0.39 is 24.4 Å². The second kappa shape index (κ2) is 11.6. The van der Waals surface area contributed by atoms with Gasteiger partial charge in [0.2, 0.25) is 5.91 Å². The minimum Gasteiger partial charge on any atom is -0.493 e. The Kier molecular flexibility index (Phi) is 8.90. The van der Waals surface area contributed by atoms with Crippen LogP contribution in [0.15, 0.2) is 48.5 Å². The van der Waals surface area contributed by atoms with Gasteiger partial charge in [-0.05, 0) is 24.3 Å². The van der Waals surface area contributed by atoms with Crippen molar-refractivity contribution >= 4 is 41.1 Å². The number of amides is 2. The molecular weight excluding hydrogens is 424 g/mol. The summed E-state index contributed by atoms with van der Waals surface area (Å²) in [7, 11) is 4.43. The lowest BCUT2D eigenvalue weighted by molar-refractivity contribution is -0.148. The smallest absolute Gasteiger partial charge is 0.331 e. The molecule has 1 N–H and O–H groups in total. The van der Waals surface area contributed by atoms with Crippen LogP contribution < -0.4 is 14.8 Å². The summed E-state index contributed by atoms with van der Waals surface area (Å²) in [5.74, 6) is -0.693. The van der Waals surface area contributed by atoms with Gasteiger partial charge in [-0.2, -0.15) is 0 Å². The summed E-state index contributed by atoms with van der Waals surface area (Å²) in [6.45, 7) is -0.729. The van der Waals surface area contributed by atoms with E-state index in [2.05, 4.69) is 5.32 Å². The summed E-state index contributed by atoms with van der Waals surface area (Å²) in [6, 6.07) is 12.0. The number of halogens is 1. The maximum Gasteiger partial charge on any atom is 0.331 e. The fourth-order valence-electron chi connectivity index (χ4n) is 2.55. The zero-order valence-corrected chi connectivity index (χ0v) is 18.1. The molecule has 9 heteroatoms. The molecular formula is C22H23ClN2O6. The highest BCUT2D eigenvalue weighted by atomic mass is 35.5. The summed E-state index contributed by atoms with van der Waals surface area (Å²) in [4.78, 5) is 37.3. The van der Waals surface area contributed by atoms with E-state index in [1.165, 1.54) is 33.4 Å². The molecule has 0 bridgehead atoms. The number of likely N-dealkylation sites (N-methyl/N-ethyl adjacent to an activating group) is 1. The summed E-state index contributed by atoms with van der Waals surface area (Å²) in [5, 5.41) is 3.00. The van der Waals surface area contributed by atoms with E-state index in [1.54, 1.807) is 42.5 Å². The predicted molar refractivity (Wildman–Crippen MR) is 117 cm³/mol. The maximum atomic E-state index is 12.1. The molecule has 0 aliphatic carbocycles. The van der Waals surface area contributed by atoms with E-state index in [4.69, 9.17) is 25.8 Å². The summed E-state index contributed by atoms with van der Waals surface area (Å²) >= 11 is 5.99. The van der Waals surface area contributed by atoms with Gasteiger partial charge in [-0.3, -0.25) is 9.59 Å². The Morgan fingerprint density at radius 3 is 2.48 bits per heavy atom. The molecule has 8 nitrogen and oxygen atoms in total. The van der Waals surface area contributed by atoms with Crippen LogP contribution in [0.25, 0.3) is 6.08 Å². The molecule has 0 atom stereocenters. The first-order chi connectivity index (χ1) is 14.8. The van der Waals surface area contributed by atoms with E-state index in [-0.39, 0.29) is 6.54 Å². The number of nitrogens with one attached hydrogen (secondary N) is 1. The largest absolute Gasteiger partial charge is 0.493 e. The number of rotatable bonds is 9. The summed E-state index contributed by atoms with van der Waals surface area (Å²) in [6.07, 6.45) is 2.67. The van der Waals surface area contributed by atoms with E-state index in [9.17, 15) is 14.4 Å². The van der Waals surface area contributed by atoms with E-state index in [0.29, 0.717) is 27.8 Å². The molecule has 0 fully saturated rings. The fourth-order valence-corrected chi connectivity index (χ4v) is 2.73. The molecule has 0 saturated heterocycles. The van der Waals surface area contributed by atoms with Gasteiger partial charge < -0.3 is 24.4 Å². The van der Waals surface area contributed by atoms with Crippen LogP contribution in [0.3, 0.4) is 0 Å². The lowest BCUT2D eigenvalue weighted by Gasteiger charge is -2.16. The number of carbonyl (C=O) groups is 3. The van der Waals surface area contributed by atoms with Crippen molar-refractivity contribution in [2.45, 2.75) is 0 Å². The van der Waals surface area contributed by atoms with E-state index >= 15 is 0 Å². The average molecular weight is 447 g/mol. The molecule has 2 aromatic rings. The molecule has 0 saturated carbocycles. The standard InChI is InChI=1S/C22H23ClN2O6/c1-25(13-19(26)24-17-9-5-4-8-16(17)23)20(27)14-31-21(28)12-11-15-7-6-10-18(29-2)22(15)30-3/h4-12H,13-14H2,1-3H3,(H,24,26)/b12-11+. The first kappa shape index (κ1) is 23.8. The van der Waals surface area contributed by atoms with E-state index in [0.717, 1.165) is 4.90 Å². The minimum absolute atomic E-state index is 0.224. The quantitative estimate of drug-likeness (QED) is 0.470. The van der Waals surface area contributed by atoms with Gasteiger partial charge in [0, 0.05) is 18.7 Å². The zero-order valence-electron chi connectivity index (χ0n) is 17.4. The third-order valence-corrected chi connectivity index (χ3v) is 4.45. The molecule has 0 spiro atoms. The molecule has 31 heavy (non-hydrogen) atoms. The number of hydrogen-bond acceptors (Lipinski definition) is 6. The number of ether oxygens (including phenoxy) is 3. The summed E-state index contributed by atoms with van der Waals surface area (Å²) in [5.41, 5.74) is 1.05. The van der Waals surface area contributed by atoms with Gasteiger partial charge in [0.05, 0.1) is 31.5 Å². The Bertz CT molecular complexity index is 976. The maximum absolute atomic E-state index is 12.1. The number of carbonyl (C=O) groups excluding carboxylic acids is 3. The van der Waals surface area contributed by atoms with Crippen molar-refractivity contribution in [2.24, 2.45) is 0 Å². The first-order valence-corrected chi connectivity index (χ1v) is 9.57. The van der Waals surface area contributed by atoms with Crippen LogP contribution in [0.4, 0.5) is 5.69 Å².